The van der Waals surface area contributed by atoms with E-state index in [1.165, 1.54) is 0 Å². The minimum absolute atomic E-state index is 0.0151. The van der Waals surface area contributed by atoms with E-state index in [9.17, 15) is 0 Å². The molecule has 6 heteroatoms. The Labute approximate surface area is 104 Å². The average molecular weight is 253 g/mol. The van der Waals surface area contributed by atoms with Gasteiger partial charge < -0.3 is 10.5 Å². The maximum absolute atomic E-state index is 5.80. The van der Waals surface area contributed by atoms with Crippen molar-refractivity contribution in [3.63, 3.8) is 0 Å². The van der Waals surface area contributed by atoms with Gasteiger partial charge in [0.05, 0.1) is 29.2 Å². The fourth-order valence-corrected chi connectivity index (χ4v) is 1.45. The summed E-state index contributed by atoms with van der Waals surface area (Å²) in [5.74, 6) is 1.02. The van der Waals surface area contributed by atoms with Crippen LogP contribution in [0.2, 0.25) is 5.02 Å². The molecule has 0 saturated heterocycles. The third kappa shape index (κ3) is 2.68. The molecule has 0 atom stereocenters. The largest absolute Gasteiger partial charge is 0.473 e. The Morgan fingerprint density at radius 2 is 2.18 bits per heavy atom. The number of pyridine rings is 1. The Hall–Kier alpha value is -1.75. The van der Waals surface area contributed by atoms with Gasteiger partial charge in [0.2, 0.25) is 5.88 Å². The van der Waals surface area contributed by atoms with Gasteiger partial charge in [0.1, 0.15) is 0 Å². The molecule has 2 aromatic heterocycles. The predicted molar refractivity (Wildman–Crippen MR) is 66.5 cm³/mol. The van der Waals surface area contributed by atoms with E-state index in [4.69, 9.17) is 22.1 Å². The summed E-state index contributed by atoms with van der Waals surface area (Å²) >= 11 is 5.80. The maximum Gasteiger partial charge on any atom is 0.239 e. The van der Waals surface area contributed by atoms with E-state index in [2.05, 4.69) is 10.1 Å². The molecule has 2 rings (SSSR count). The molecule has 0 aromatic carbocycles. The van der Waals surface area contributed by atoms with E-state index >= 15 is 0 Å². The second-order valence-electron chi connectivity index (χ2n) is 3.83. The first-order chi connectivity index (χ1) is 8.06. The van der Waals surface area contributed by atoms with E-state index in [1.54, 1.807) is 29.2 Å². The van der Waals surface area contributed by atoms with Gasteiger partial charge in [-0.25, -0.2) is 4.68 Å². The Kier molecular flexibility index (Phi) is 3.19. The summed E-state index contributed by atoms with van der Waals surface area (Å²) in [4.78, 5) is 4.29. The fraction of sp³-hybridized carbons (Fsp3) is 0.273. The monoisotopic (exact) mass is 252 g/mol. The zero-order chi connectivity index (χ0) is 12.4. The van der Waals surface area contributed by atoms with Crippen LogP contribution in [-0.4, -0.2) is 20.9 Å². The molecule has 0 radical (unpaired) electrons. The minimum Gasteiger partial charge on any atom is -0.473 e. The molecule has 17 heavy (non-hydrogen) atoms. The standard InChI is InChI=1S/C11H13ClN4O/c1-7(2)17-11-9(13)3-4-10(15-11)16-6-8(12)5-14-16/h3-7H,13H2,1-2H3. The van der Waals surface area contributed by atoms with Gasteiger partial charge in [0, 0.05) is 0 Å². The van der Waals surface area contributed by atoms with Crippen LogP contribution in [0.1, 0.15) is 13.8 Å². The summed E-state index contributed by atoms with van der Waals surface area (Å²) in [6.07, 6.45) is 3.23. The first kappa shape index (κ1) is 11.7. The van der Waals surface area contributed by atoms with E-state index in [-0.39, 0.29) is 6.10 Å². The highest BCUT2D eigenvalue weighted by Crippen LogP contribution is 2.21. The van der Waals surface area contributed by atoms with Crippen LogP contribution < -0.4 is 10.5 Å². The number of ether oxygens (including phenoxy) is 1. The van der Waals surface area contributed by atoms with Crippen molar-refractivity contribution in [3.05, 3.63) is 29.5 Å². The smallest absolute Gasteiger partial charge is 0.239 e. The summed E-state index contributed by atoms with van der Waals surface area (Å²) in [5, 5.41) is 4.61. The third-order valence-electron chi connectivity index (χ3n) is 2.01. The number of hydrogen-bond donors (Lipinski definition) is 1. The van der Waals surface area contributed by atoms with E-state index in [0.29, 0.717) is 22.4 Å². The third-order valence-corrected chi connectivity index (χ3v) is 2.20. The summed E-state index contributed by atoms with van der Waals surface area (Å²) in [7, 11) is 0. The molecule has 0 aliphatic rings. The summed E-state index contributed by atoms with van der Waals surface area (Å²) in [5.41, 5.74) is 6.28. The van der Waals surface area contributed by atoms with Crippen molar-refractivity contribution in [2.75, 3.05) is 5.73 Å². The molecule has 2 heterocycles. The molecule has 0 spiro atoms. The van der Waals surface area contributed by atoms with Crippen molar-refractivity contribution in [2.24, 2.45) is 0 Å². The second kappa shape index (κ2) is 4.63. The molecule has 0 bridgehead atoms. The quantitative estimate of drug-likeness (QED) is 0.910. The topological polar surface area (TPSA) is 66.0 Å². The Morgan fingerprint density at radius 1 is 1.41 bits per heavy atom. The molecule has 0 aliphatic carbocycles. The highest BCUT2D eigenvalue weighted by atomic mass is 35.5. The number of anilines is 1. The first-order valence-electron chi connectivity index (χ1n) is 5.20. The minimum atomic E-state index is 0.0151. The van der Waals surface area contributed by atoms with Gasteiger partial charge in [0.25, 0.3) is 0 Å². The van der Waals surface area contributed by atoms with E-state index in [0.717, 1.165) is 0 Å². The van der Waals surface area contributed by atoms with Gasteiger partial charge in [0.15, 0.2) is 5.82 Å². The Balaban J connectivity index is 2.36. The molecule has 0 fully saturated rings. The fourth-order valence-electron chi connectivity index (χ4n) is 1.31. The number of nitrogens with zero attached hydrogens (tertiary/aromatic N) is 3. The zero-order valence-corrected chi connectivity index (χ0v) is 10.3. The number of hydrogen-bond acceptors (Lipinski definition) is 4. The summed E-state index contributed by atoms with van der Waals surface area (Å²) in [6, 6.07) is 3.49. The van der Waals surface area contributed by atoms with Crippen molar-refractivity contribution in [3.8, 4) is 11.7 Å². The molecule has 2 N–H and O–H groups in total. The molecule has 2 aromatic rings. The van der Waals surface area contributed by atoms with Gasteiger partial charge in [-0.1, -0.05) is 11.6 Å². The van der Waals surface area contributed by atoms with Crippen molar-refractivity contribution < 1.29 is 4.74 Å². The van der Waals surface area contributed by atoms with Crippen LogP contribution >= 0.6 is 11.6 Å². The molecule has 0 saturated carbocycles. The molecule has 5 nitrogen and oxygen atoms in total. The predicted octanol–water partition coefficient (Wildman–Crippen LogP) is 2.29. The molecule has 0 amide bonds. The van der Waals surface area contributed by atoms with Crippen LogP contribution in [0.15, 0.2) is 24.5 Å². The SMILES string of the molecule is CC(C)Oc1nc(-n2cc(Cl)cn2)ccc1N. The lowest BCUT2D eigenvalue weighted by atomic mass is 10.4. The van der Waals surface area contributed by atoms with Crippen LogP contribution in [0.4, 0.5) is 5.69 Å². The van der Waals surface area contributed by atoms with E-state index < -0.39 is 0 Å². The molecule has 0 unspecified atom stereocenters. The lowest BCUT2D eigenvalue weighted by molar-refractivity contribution is 0.234. The lowest BCUT2D eigenvalue weighted by Gasteiger charge is -2.11. The first-order valence-corrected chi connectivity index (χ1v) is 5.58. The highest BCUT2D eigenvalue weighted by molar-refractivity contribution is 6.30. The van der Waals surface area contributed by atoms with E-state index in [1.807, 2.05) is 13.8 Å². The number of aromatic nitrogens is 3. The number of nitrogen functional groups attached to an aromatic ring is 1. The number of halogens is 1. The second-order valence-corrected chi connectivity index (χ2v) is 4.27. The van der Waals surface area contributed by atoms with Crippen molar-refractivity contribution in [2.45, 2.75) is 20.0 Å². The van der Waals surface area contributed by atoms with Crippen LogP contribution in [0, 0.1) is 0 Å². The summed E-state index contributed by atoms with van der Waals surface area (Å²) in [6.45, 7) is 3.83. The van der Waals surface area contributed by atoms with Gasteiger partial charge in [-0.2, -0.15) is 10.1 Å². The van der Waals surface area contributed by atoms with Crippen LogP contribution in [0.25, 0.3) is 5.82 Å². The van der Waals surface area contributed by atoms with Gasteiger partial charge >= 0.3 is 0 Å². The Morgan fingerprint density at radius 3 is 2.76 bits per heavy atom. The van der Waals surface area contributed by atoms with Crippen LogP contribution in [-0.2, 0) is 0 Å². The molecule has 0 aliphatic heterocycles. The average Bonchev–Trinajstić information content (AvgIpc) is 2.67. The maximum atomic E-state index is 5.80. The van der Waals surface area contributed by atoms with Crippen molar-refractivity contribution >= 4 is 17.3 Å². The molecule has 90 valence electrons. The normalized spacial score (nSPS) is 10.8. The Bertz CT molecular complexity index is 524. The van der Waals surface area contributed by atoms with Gasteiger partial charge in [-0.05, 0) is 26.0 Å². The van der Waals surface area contributed by atoms with Crippen molar-refractivity contribution in [1.82, 2.24) is 14.8 Å². The highest BCUT2D eigenvalue weighted by Gasteiger charge is 2.08. The van der Waals surface area contributed by atoms with Crippen LogP contribution in [0.5, 0.6) is 5.88 Å². The van der Waals surface area contributed by atoms with Gasteiger partial charge in [-0.3, -0.25) is 0 Å². The molecular weight excluding hydrogens is 240 g/mol. The lowest BCUT2D eigenvalue weighted by Crippen LogP contribution is -2.10. The zero-order valence-electron chi connectivity index (χ0n) is 9.59. The molecular formula is C11H13ClN4O. The number of rotatable bonds is 3. The number of nitrogens with two attached hydrogens (primary N) is 1. The van der Waals surface area contributed by atoms with Crippen molar-refractivity contribution in [1.29, 1.82) is 0 Å². The van der Waals surface area contributed by atoms with Crippen LogP contribution in [0.3, 0.4) is 0 Å². The summed E-state index contributed by atoms with van der Waals surface area (Å²) < 4.78 is 7.07. The van der Waals surface area contributed by atoms with Gasteiger partial charge in [-0.15, -0.1) is 0 Å².